The van der Waals surface area contributed by atoms with Crippen LogP contribution in [0.15, 0.2) is 42.6 Å². The van der Waals surface area contributed by atoms with Crippen molar-refractivity contribution in [3.8, 4) is 17.0 Å². The van der Waals surface area contributed by atoms with Crippen molar-refractivity contribution in [3.63, 3.8) is 0 Å². The Morgan fingerprint density at radius 1 is 1.28 bits per heavy atom. The second-order valence-corrected chi connectivity index (χ2v) is 3.63. The number of hydrogen-bond donors (Lipinski definition) is 2. The van der Waals surface area contributed by atoms with Gasteiger partial charge >= 0.3 is 0 Å². The molecule has 1 heterocycles. The van der Waals surface area contributed by atoms with Gasteiger partial charge in [-0.1, -0.05) is 0 Å². The number of hydrogen-bond acceptors (Lipinski definition) is 4. The molecule has 1 amide bonds. The highest BCUT2D eigenvalue weighted by Gasteiger charge is 2.06. The molecule has 92 valence electrons. The number of rotatable bonds is 3. The average Bonchev–Trinajstić information content (AvgIpc) is 2.46. The summed E-state index contributed by atoms with van der Waals surface area (Å²) >= 11 is 0. The van der Waals surface area contributed by atoms with Crippen LogP contribution in [-0.2, 0) is 0 Å². The number of nitrogens with zero attached hydrogens (tertiary/aromatic N) is 1. The predicted octanol–water partition coefficient (Wildman–Crippen LogP) is 1.36. The number of nitrogens with one attached hydrogen (secondary N) is 1. The maximum Gasteiger partial charge on any atom is 0.265 e. The number of pyridine rings is 1. The van der Waals surface area contributed by atoms with Gasteiger partial charge < -0.3 is 4.74 Å². The van der Waals surface area contributed by atoms with E-state index in [1.165, 1.54) is 0 Å². The van der Waals surface area contributed by atoms with Crippen molar-refractivity contribution >= 4 is 5.91 Å². The molecular formula is C13H13N3O2. The van der Waals surface area contributed by atoms with Crippen LogP contribution in [0.4, 0.5) is 0 Å². The number of ether oxygens (including phenoxy) is 1. The number of methoxy groups -OCH3 is 1. The highest BCUT2D eigenvalue weighted by molar-refractivity contribution is 5.94. The van der Waals surface area contributed by atoms with Crippen LogP contribution in [0, 0.1) is 0 Å². The summed E-state index contributed by atoms with van der Waals surface area (Å²) in [4.78, 5) is 15.6. The molecule has 0 aliphatic rings. The third-order valence-electron chi connectivity index (χ3n) is 2.54. The van der Waals surface area contributed by atoms with Gasteiger partial charge in [-0.3, -0.25) is 15.2 Å². The summed E-state index contributed by atoms with van der Waals surface area (Å²) in [7, 11) is 1.61. The van der Waals surface area contributed by atoms with Gasteiger partial charge in [0.25, 0.3) is 5.91 Å². The number of hydrazine groups is 1. The zero-order valence-corrected chi connectivity index (χ0v) is 9.88. The molecule has 0 fully saturated rings. The van der Waals surface area contributed by atoms with Crippen LogP contribution in [-0.4, -0.2) is 18.0 Å². The molecule has 0 bridgehead atoms. The molecule has 2 rings (SSSR count). The maximum atomic E-state index is 11.4. The largest absolute Gasteiger partial charge is 0.497 e. The zero-order valence-electron chi connectivity index (χ0n) is 9.88. The second kappa shape index (κ2) is 5.29. The summed E-state index contributed by atoms with van der Waals surface area (Å²) in [6.45, 7) is 0. The minimum atomic E-state index is -0.341. The molecule has 1 aromatic carbocycles. The van der Waals surface area contributed by atoms with Crippen molar-refractivity contribution in [2.24, 2.45) is 5.84 Å². The Morgan fingerprint density at radius 2 is 2.00 bits per heavy atom. The fraction of sp³-hybridized carbons (Fsp3) is 0.0769. The monoisotopic (exact) mass is 243 g/mol. The summed E-state index contributed by atoms with van der Waals surface area (Å²) in [5.41, 5.74) is 4.17. The molecule has 0 saturated heterocycles. The van der Waals surface area contributed by atoms with Crippen LogP contribution in [0.3, 0.4) is 0 Å². The average molecular weight is 243 g/mol. The molecule has 0 aliphatic carbocycles. The third kappa shape index (κ3) is 2.46. The number of benzene rings is 1. The molecule has 0 spiro atoms. The molecule has 0 saturated carbocycles. The van der Waals surface area contributed by atoms with Gasteiger partial charge in [-0.05, 0) is 36.4 Å². The number of amides is 1. The fourth-order valence-electron chi connectivity index (χ4n) is 1.57. The SMILES string of the molecule is COc1ccc(-c2cc(C(=O)NN)ccn2)cc1. The number of carbonyl (C=O) groups is 1. The minimum absolute atomic E-state index is 0.341. The van der Waals surface area contributed by atoms with Crippen molar-refractivity contribution < 1.29 is 9.53 Å². The summed E-state index contributed by atoms with van der Waals surface area (Å²) in [5.74, 6) is 5.53. The van der Waals surface area contributed by atoms with Gasteiger partial charge in [0.15, 0.2) is 0 Å². The van der Waals surface area contributed by atoms with Crippen molar-refractivity contribution in [3.05, 3.63) is 48.2 Å². The zero-order chi connectivity index (χ0) is 13.0. The smallest absolute Gasteiger partial charge is 0.265 e. The van der Waals surface area contributed by atoms with E-state index < -0.39 is 0 Å². The van der Waals surface area contributed by atoms with Gasteiger partial charge in [-0.25, -0.2) is 5.84 Å². The first-order valence-electron chi connectivity index (χ1n) is 5.36. The molecule has 0 atom stereocenters. The first kappa shape index (κ1) is 12.1. The van der Waals surface area contributed by atoms with E-state index in [0.717, 1.165) is 11.3 Å². The van der Waals surface area contributed by atoms with Crippen molar-refractivity contribution in [1.82, 2.24) is 10.4 Å². The first-order chi connectivity index (χ1) is 8.74. The quantitative estimate of drug-likeness (QED) is 0.485. The van der Waals surface area contributed by atoms with Crippen LogP contribution < -0.4 is 16.0 Å². The van der Waals surface area contributed by atoms with E-state index in [0.29, 0.717) is 11.3 Å². The Labute approximate surface area is 105 Å². The van der Waals surface area contributed by atoms with Crippen LogP contribution in [0.5, 0.6) is 5.75 Å². The normalized spacial score (nSPS) is 9.89. The van der Waals surface area contributed by atoms with E-state index in [4.69, 9.17) is 10.6 Å². The summed E-state index contributed by atoms with van der Waals surface area (Å²) in [6, 6.07) is 10.7. The van der Waals surface area contributed by atoms with E-state index in [1.807, 2.05) is 24.3 Å². The van der Waals surface area contributed by atoms with E-state index in [9.17, 15) is 4.79 Å². The Kier molecular flexibility index (Phi) is 3.54. The third-order valence-corrected chi connectivity index (χ3v) is 2.54. The van der Waals surface area contributed by atoms with Crippen molar-refractivity contribution in [1.29, 1.82) is 0 Å². The maximum absolute atomic E-state index is 11.4. The minimum Gasteiger partial charge on any atom is -0.497 e. The van der Waals surface area contributed by atoms with Crippen molar-refractivity contribution in [2.45, 2.75) is 0 Å². The molecule has 0 radical (unpaired) electrons. The molecule has 0 aliphatic heterocycles. The lowest BCUT2D eigenvalue weighted by molar-refractivity contribution is 0.0953. The lowest BCUT2D eigenvalue weighted by Crippen LogP contribution is -2.29. The Hall–Kier alpha value is -2.40. The van der Waals surface area contributed by atoms with Gasteiger partial charge in [0.2, 0.25) is 0 Å². The molecule has 0 unspecified atom stereocenters. The number of carbonyl (C=O) groups excluding carboxylic acids is 1. The van der Waals surface area contributed by atoms with E-state index >= 15 is 0 Å². The first-order valence-corrected chi connectivity index (χ1v) is 5.36. The topological polar surface area (TPSA) is 77.2 Å². The molecule has 1 aromatic heterocycles. The standard InChI is InChI=1S/C13H13N3O2/c1-18-11-4-2-9(3-5-11)12-8-10(6-7-15-12)13(17)16-14/h2-8H,14H2,1H3,(H,16,17). The van der Waals surface area contributed by atoms with Gasteiger partial charge in [-0.15, -0.1) is 0 Å². The lowest BCUT2D eigenvalue weighted by Gasteiger charge is -2.05. The summed E-state index contributed by atoms with van der Waals surface area (Å²) < 4.78 is 5.08. The number of nitrogen functional groups attached to an aromatic ring is 1. The molecule has 2 aromatic rings. The molecule has 18 heavy (non-hydrogen) atoms. The molecule has 5 heteroatoms. The molecule has 5 nitrogen and oxygen atoms in total. The van der Waals surface area contributed by atoms with Crippen LogP contribution >= 0.6 is 0 Å². The van der Waals surface area contributed by atoms with Gasteiger partial charge in [0.1, 0.15) is 5.75 Å². The van der Waals surface area contributed by atoms with E-state index in [2.05, 4.69) is 10.4 Å². The van der Waals surface area contributed by atoms with Crippen LogP contribution in [0.25, 0.3) is 11.3 Å². The predicted molar refractivity (Wildman–Crippen MR) is 67.9 cm³/mol. The van der Waals surface area contributed by atoms with Crippen LogP contribution in [0.2, 0.25) is 0 Å². The van der Waals surface area contributed by atoms with Gasteiger partial charge in [0, 0.05) is 17.3 Å². The van der Waals surface area contributed by atoms with E-state index in [1.54, 1.807) is 25.4 Å². The van der Waals surface area contributed by atoms with Crippen molar-refractivity contribution in [2.75, 3.05) is 7.11 Å². The lowest BCUT2D eigenvalue weighted by atomic mass is 10.1. The summed E-state index contributed by atoms with van der Waals surface area (Å²) in [5, 5.41) is 0. The van der Waals surface area contributed by atoms with Gasteiger partial charge in [0.05, 0.1) is 12.8 Å². The Bertz CT molecular complexity index is 552. The molecule has 3 N–H and O–H groups in total. The summed E-state index contributed by atoms with van der Waals surface area (Å²) in [6.07, 6.45) is 1.57. The molecular weight excluding hydrogens is 230 g/mol. The fourth-order valence-corrected chi connectivity index (χ4v) is 1.57. The van der Waals surface area contributed by atoms with E-state index in [-0.39, 0.29) is 5.91 Å². The Balaban J connectivity index is 2.35. The Morgan fingerprint density at radius 3 is 2.61 bits per heavy atom. The highest BCUT2D eigenvalue weighted by Crippen LogP contribution is 2.21. The van der Waals surface area contributed by atoms with Crippen LogP contribution in [0.1, 0.15) is 10.4 Å². The second-order valence-electron chi connectivity index (χ2n) is 3.63. The number of aromatic nitrogens is 1. The highest BCUT2D eigenvalue weighted by atomic mass is 16.5. The number of nitrogens with two attached hydrogens (primary N) is 1. The van der Waals surface area contributed by atoms with Gasteiger partial charge in [-0.2, -0.15) is 0 Å².